The number of ether oxygens (including phenoxy) is 1. The van der Waals surface area contributed by atoms with Crippen LogP contribution in [0.3, 0.4) is 0 Å². The highest BCUT2D eigenvalue weighted by atomic mass is 35.5. The quantitative estimate of drug-likeness (QED) is 0.119. The summed E-state index contributed by atoms with van der Waals surface area (Å²) in [5, 5.41) is 10.3. The van der Waals surface area contributed by atoms with Gasteiger partial charge in [0.15, 0.2) is 0 Å². The van der Waals surface area contributed by atoms with Crippen molar-refractivity contribution in [3.63, 3.8) is 0 Å². The number of pyridine rings is 1. The molecule has 3 aromatic rings. The summed E-state index contributed by atoms with van der Waals surface area (Å²) < 4.78 is 34.4. The number of hydroxylamine groups is 1. The van der Waals surface area contributed by atoms with Crippen LogP contribution in [0.4, 0.5) is 8.78 Å². The van der Waals surface area contributed by atoms with Crippen LogP contribution in [-0.2, 0) is 4.79 Å². The SMILES string of the molecule is COc1ccc2ncc(Cl)c(C(F)CCC3(C(=O)NO)CCN(CCCSc4cccc(F)c4)CC3)c2c1. The molecule has 1 unspecified atom stereocenters. The largest absolute Gasteiger partial charge is 0.497 e. The van der Waals surface area contributed by atoms with Gasteiger partial charge in [-0.25, -0.2) is 14.3 Å². The third-order valence-corrected chi connectivity index (χ3v) is 8.72. The van der Waals surface area contributed by atoms with E-state index in [4.69, 9.17) is 16.3 Å². The number of rotatable bonds is 11. The molecule has 0 radical (unpaired) electrons. The van der Waals surface area contributed by atoms with Crippen molar-refractivity contribution in [3.8, 4) is 5.75 Å². The maximum atomic E-state index is 15.7. The van der Waals surface area contributed by atoms with Gasteiger partial charge in [-0.15, -0.1) is 11.8 Å². The van der Waals surface area contributed by atoms with E-state index in [9.17, 15) is 14.4 Å². The third-order valence-electron chi connectivity index (χ3n) is 7.34. The summed E-state index contributed by atoms with van der Waals surface area (Å²) in [5.41, 5.74) is 1.90. The predicted molar refractivity (Wildman–Crippen MR) is 146 cm³/mol. The second-order valence-corrected chi connectivity index (χ2v) is 11.2. The van der Waals surface area contributed by atoms with Crippen LogP contribution in [0.25, 0.3) is 10.9 Å². The standard InChI is InChI=1S/C28H32ClF2N3O3S/c1-37-20-6-7-25-22(17-20)26(23(29)18-32-25)24(31)8-9-28(27(35)33-36)10-13-34(14-11-28)12-3-15-38-21-5-2-4-19(30)16-21/h2,4-7,16-18,24,36H,3,8-15H2,1H3,(H,33,35). The molecule has 0 aliphatic carbocycles. The molecule has 1 aromatic heterocycles. The van der Waals surface area contributed by atoms with Gasteiger partial charge in [0.25, 0.3) is 0 Å². The molecule has 1 amide bonds. The second-order valence-electron chi connectivity index (χ2n) is 9.63. The number of halogens is 3. The number of piperidine rings is 1. The van der Waals surface area contributed by atoms with Gasteiger partial charge in [-0.3, -0.25) is 15.0 Å². The molecule has 1 fully saturated rings. The van der Waals surface area contributed by atoms with Crippen LogP contribution in [0.5, 0.6) is 5.75 Å². The van der Waals surface area contributed by atoms with Gasteiger partial charge in [-0.05, 0) is 93.9 Å². The number of amides is 1. The Hall–Kier alpha value is -2.46. The van der Waals surface area contributed by atoms with Gasteiger partial charge in [0.2, 0.25) is 5.91 Å². The monoisotopic (exact) mass is 563 g/mol. The number of nitrogens with zero attached hydrogens (tertiary/aromatic N) is 2. The van der Waals surface area contributed by atoms with Crippen LogP contribution in [-0.4, -0.2) is 53.5 Å². The summed E-state index contributed by atoms with van der Waals surface area (Å²) in [6, 6.07) is 11.8. The number of nitrogens with one attached hydrogen (secondary N) is 1. The first-order chi connectivity index (χ1) is 18.3. The Kier molecular flexibility index (Phi) is 9.81. The Balaban J connectivity index is 1.35. The summed E-state index contributed by atoms with van der Waals surface area (Å²) in [7, 11) is 1.54. The van der Waals surface area contributed by atoms with Crippen LogP contribution in [0, 0.1) is 11.2 Å². The number of hydrogen-bond donors (Lipinski definition) is 2. The molecule has 0 saturated carbocycles. The van der Waals surface area contributed by atoms with Crippen molar-refractivity contribution < 1.29 is 23.5 Å². The average molecular weight is 564 g/mol. The molecule has 10 heteroatoms. The minimum absolute atomic E-state index is 0.0771. The van der Waals surface area contributed by atoms with Gasteiger partial charge in [-0.1, -0.05) is 17.7 Å². The lowest BCUT2D eigenvalue weighted by molar-refractivity contribution is -0.143. The Bertz CT molecular complexity index is 1260. The fraction of sp³-hybridized carbons (Fsp3) is 0.429. The Morgan fingerprint density at radius 3 is 2.79 bits per heavy atom. The molecule has 2 heterocycles. The average Bonchev–Trinajstić information content (AvgIpc) is 2.94. The predicted octanol–water partition coefficient (Wildman–Crippen LogP) is 6.60. The molecule has 4 rings (SSSR count). The summed E-state index contributed by atoms with van der Waals surface area (Å²) >= 11 is 7.99. The van der Waals surface area contributed by atoms with E-state index in [0.717, 1.165) is 23.6 Å². The molecule has 1 saturated heterocycles. The lowest BCUT2D eigenvalue weighted by Crippen LogP contribution is -2.48. The lowest BCUT2D eigenvalue weighted by atomic mass is 9.73. The minimum Gasteiger partial charge on any atom is -0.497 e. The van der Waals surface area contributed by atoms with E-state index in [-0.39, 0.29) is 23.7 Å². The van der Waals surface area contributed by atoms with E-state index >= 15 is 4.39 Å². The first-order valence-corrected chi connectivity index (χ1v) is 14.0. The zero-order valence-corrected chi connectivity index (χ0v) is 22.8. The van der Waals surface area contributed by atoms with Crippen molar-refractivity contribution in [2.24, 2.45) is 5.41 Å². The molecule has 2 N–H and O–H groups in total. The van der Waals surface area contributed by atoms with E-state index in [1.165, 1.54) is 18.3 Å². The third kappa shape index (κ3) is 6.75. The van der Waals surface area contributed by atoms with Crippen molar-refractivity contribution in [2.75, 3.05) is 32.5 Å². The number of methoxy groups -OCH3 is 1. The van der Waals surface area contributed by atoms with E-state index in [0.29, 0.717) is 48.1 Å². The van der Waals surface area contributed by atoms with Gasteiger partial charge >= 0.3 is 0 Å². The number of carbonyl (C=O) groups excluding carboxylic acids is 1. The Morgan fingerprint density at radius 1 is 1.29 bits per heavy atom. The molecule has 0 bridgehead atoms. The maximum absolute atomic E-state index is 15.7. The molecular weight excluding hydrogens is 532 g/mol. The number of carbonyl (C=O) groups is 1. The molecule has 6 nitrogen and oxygen atoms in total. The van der Waals surface area contributed by atoms with Crippen LogP contribution in [0.1, 0.15) is 43.8 Å². The smallest absolute Gasteiger partial charge is 0.249 e. The normalized spacial score (nSPS) is 16.3. The van der Waals surface area contributed by atoms with Crippen LogP contribution in [0.2, 0.25) is 5.02 Å². The molecular formula is C28H32ClF2N3O3S. The highest BCUT2D eigenvalue weighted by molar-refractivity contribution is 7.99. The zero-order valence-electron chi connectivity index (χ0n) is 21.3. The number of thioether (sulfide) groups is 1. The second kappa shape index (κ2) is 13.1. The van der Waals surface area contributed by atoms with Gasteiger partial charge in [0.1, 0.15) is 17.7 Å². The number of aromatic nitrogens is 1. The van der Waals surface area contributed by atoms with Crippen LogP contribution >= 0.6 is 23.4 Å². The van der Waals surface area contributed by atoms with Crippen molar-refractivity contribution >= 4 is 40.2 Å². The summed E-state index contributed by atoms with van der Waals surface area (Å²) in [4.78, 5) is 20.2. The number of benzene rings is 2. The number of likely N-dealkylation sites (tertiary alicyclic amines) is 1. The molecule has 1 aliphatic rings. The van der Waals surface area contributed by atoms with E-state index in [2.05, 4.69) is 9.88 Å². The first-order valence-electron chi connectivity index (χ1n) is 12.7. The topological polar surface area (TPSA) is 74.7 Å². The van der Waals surface area contributed by atoms with Crippen molar-refractivity contribution in [1.82, 2.24) is 15.4 Å². The number of alkyl halides is 1. The fourth-order valence-corrected chi connectivity index (χ4v) is 6.26. The lowest BCUT2D eigenvalue weighted by Gasteiger charge is -2.40. The molecule has 0 spiro atoms. The fourth-order valence-electron chi connectivity index (χ4n) is 5.11. The molecule has 38 heavy (non-hydrogen) atoms. The van der Waals surface area contributed by atoms with Gasteiger partial charge in [0, 0.05) is 22.0 Å². The van der Waals surface area contributed by atoms with Crippen LogP contribution < -0.4 is 10.2 Å². The Labute approximate surface area is 230 Å². The van der Waals surface area contributed by atoms with Crippen LogP contribution in [0.15, 0.2) is 53.6 Å². The summed E-state index contributed by atoms with van der Waals surface area (Å²) in [5.74, 6) is 0.724. The molecule has 2 aromatic carbocycles. The van der Waals surface area contributed by atoms with Crippen molar-refractivity contribution in [2.45, 2.75) is 43.2 Å². The molecule has 1 atom stereocenters. The molecule has 204 valence electrons. The van der Waals surface area contributed by atoms with E-state index in [1.807, 2.05) is 11.5 Å². The number of hydrogen-bond acceptors (Lipinski definition) is 6. The zero-order chi connectivity index (χ0) is 27.1. The van der Waals surface area contributed by atoms with E-state index in [1.54, 1.807) is 43.1 Å². The Morgan fingerprint density at radius 2 is 2.08 bits per heavy atom. The first kappa shape index (κ1) is 28.5. The van der Waals surface area contributed by atoms with Gasteiger partial charge < -0.3 is 9.64 Å². The number of fused-ring (bicyclic) bond motifs is 1. The minimum atomic E-state index is -1.42. The maximum Gasteiger partial charge on any atom is 0.249 e. The van der Waals surface area contributed by atoms with Gasteiger partial charge in [-0.2, -0.15) is 0 Å². The van der Waals surface area contributed by atoms with Crippen molar-refractivity contribution in [3.05, 3.63) is 65.1 Å². The van der Waals surface area contributed by atoms with Gasteiger partial charge in [0.05, 0.1) is 23.1 Å². The summed E-state index contributed by atoms with van der Waals surface area (Å²) in [6.07, 6.45) is 2.33. The highest BCUT2D eigenvalue weighted by Gasteiger charge is 2.41. The van der Waals surface area contributed by atoms with Crippen molar-refractivity contribution in [1.29, 1.82) is 0 Å². The summed E-state index contributed by atoms with van der Waals surface area (Å²) in [6.45, 7) is 2.20. The highest BCUT2D eigenvalue weighted by Crippen LogP contribution is 2.42. The van der Waals surface area contributed by atoms with E-state index < -0.39 is 17.5 Å². The molecule has 1 aliphatic heterocycles.